The first-order valence-corrected chi connectivity index (χ1v) is 7.10. The summed E-state index contributed by atoms with van der Waals surface area (Å²) in [5, 5.41) is 0. The second kappa shape index (κ2) is 6.95. The summed E-state index contributed by atoms with van der Waals surface area (Å²) in [5.74, 6) is 0.450. The average Bonchev–Trinajstić information content (AvgIpc) is 2.86. The summed E-state index contributed by atoms with van der Waals surface area (Å²) in [6, 6.07) is 0. The Bertz CT molecular complexity index is 250. The smallest absolute Gasteiger partial charge is 0.153 e. The molecule has 0 bridgehead atoms. The first-order valence-electron chi connectivity index (χ1n) is 7.10. The van der Waals surface area contributed by atoms with Crippen LogP contribution in [0.1, 0.15) is 58.8 Å². The topological polar surface area (TPSA) is 20.3 Å². The zero-order valence-electron chi connectivity index (χ0n) is 11.5. The van der Waals surface area contributed by atoms with E-state index in [4.69, 9.17) is 0 Å². The Morgan fingerprint density at radius 1 is 1.29 bits per heavy atom. The normalized spacial score (nSPS) is 17.3. The van der Waals surface area contributed by atoms with E-state index >= 15 is 0 Å². The number of Topliss-reactive ketones (excluding diaryl/α,β-unsaturated/α-hetero) is 1. The van der Waals surface area contributed by atoms with Crippen molar-refractivity contribution in [2.24, 2.45) is 0 Å². The van der Waals surface area contributed by atoms with E-state index in [2.05, 4.69) is 25.3 Å². The lowest BCUT2D eigenvalue weighted by Crippen LogP contribution is -2.52. The van der Waals surface area contributed by atoms with Crippen LogP contribution in [-0.2, 0) is 4.79 Å². The molecular formula is C15H27NO. The highest BCUT2D eigenvalue weighted by Gasteiger charge is 2.40. The second-order valence-electron chi connectivity index (χ2n) is 5.04. The van der Waals surface area contributed by atoms with Gasteiger partial charge in [-0.05, 0) is 51.6 Å². The van der Waals surface area contributed by atoms with Crippen LogP contribution in [0.3, 0.4) is 0 Å². The van der Waals surface area contributed by atoms with E-state index in [1.54, 1.807) is 0 Å². The molecule has 2 heteroatoms. The third-order valence-corrected chi connectivity index (χ3v) is 4.21. The fourth-order valence-corrected chi connectivity index (χ4v) is 3.05. The summed E-state index contributed by atoms with van der Waals surface area (Å²) in [5.41, 5.74) is -0.169. The Morgan fingerprint density at radius 3 is 2.35 bits per heavy atom. The number of carbonyl (C=O) groups is 1. The van der Waals surface area contributed by atoms with E-state index in [9.17, 15) is 4.79 Å². The molecule has 1 rings (SSSR count). The lowest BCUT2D eigenvalue weighted by molar-refractivity contribution is -0.131. The van der Waals surface area contributed by atoms with Gasteiger partial charge >= 0.3 is 0 Å². The first-order chi connectivity index (χ1) is 8.21. The molecule has 0 aromatic carbocycles. The predicted molar refractivity (Wildman–Crippen MR) is 73.2 cm³/mol. The fourth-order valence-electron chi connectivity index (χ4n) is 3.05. The van der Waals surface area contributed by atoms with Crippen LogP contribution in [0.4, 0.5) is 0 Å². The molecule has 0 N–H and O–H groups in total. The zero-order chi connectivity index (χ0) is 12.7. The Labute approximate surface area is 106 Å². The standard InChI is InChI=1S/C15H27NO/c1-4-7-8-11-14(17)15(5-2,6-3)16-12-9-10-13-16/h4H,1,5-13H2,2-3H3. The molecule has 1 fully saturated rings. The van der Waals surface area contributed by atoms with Gasteiger partial charge in [-0.1, -0.05) is 19.9 Å². The first kappa shape index (κ1) is 14.4. The van der Waals surface area contributed by atoms with Gasteiger partial charge in [0, 0.05) is 6.42 Å². The van der Waals surface area contributed by atoms with Gasteiger partial charge in [-0.15, -0.1) is 6.58 Å². The Morgan fingerprint density at radius 2 is 1.88 bits per heavy atom. The van der Waals surface area contributed by atoms with E-state index in [-0.39, 0.29) is 5.54 Å². The number of rotatable bonds is 8. The van der Waals surface area contributed by atoms with Crippen LogP contribution < -0.4 is 0 Å². The van der Waals surface area contributed by atoms with Gasteiger partial charge in [-0.2, -0.15) is 0 Å². The molecule has 98 valence electrons. The molecule has 0 unspecified atom stereocenters. The number of unbranched alkanes of at least 4 members (excludes halogenated alkanes) is 1. The summed E-state index contributed by atoms with van der Waals surface area (Å²) in [6.45, 7) is 10.2. The Balaban J connectivity index is 2.67. The molecule has 1 heterocycles. The van der Waals surface area contributed by atoms with Crippen molar-refractivity contribution in [3.05, 3.63) is 12.7 Å². The largest absolute Gasteiger partial charge is 0.298 e. The molecule has 2 nitrogen and oxygen atoms in total. The van der Waals surface area contributed by atoms with E-state index in [1.807, 2.05) is 6.08 Å². The molecule has 0 amide bonds. The summed E-state index contributed by atoms with van der Waals surface area (Å²) in [7, 11) is 0. The van der Waals surface area contributed by atoms with Crippen LogP contribution in [0, 0.1) is 0 Å². The summed E-state index contributed by atoms with van der Waals surface area (Å²) in [4.78, 5) is 14.9. The third-order valence-electron chi connectivity index (χ3n) is 4.21. The number of hydrogen-bond acceptors (Lipinski definition) is 2. The van der Waals surface area contributed by atoms with Crippen LogP contribution in [0.15, 0.2) is 12.7 Å². The van der Waals surface area contributed by atoms with E-state index < -0.39 is 0 Å². The quantitative estimate of drug-likeness (QED) is 0.475. The monoisotopic (exact) mass is 237 g/mol. The Hall–Kier alpha value is -0.630. The van der Waals surface area contributed by atoms with E-state index in [0.29, 0.717) is 12.2 Å². The minimum atomic E-state index is -0.169. The number of hydrogen-bond donors (Lipinski definition) is 0. The molecule has 0 radical (unpaired) electrons. The number of ketones is 1. The fraction of sp³-hybridized carbons (Fsp3) is 0.800. The van der Waals surface area contributed by atoms with E-state index in [0.717, 1.165) is 38.8 Å². The molecule has 1 aliphatic rings. The van der Waals surface area contributed by atoms with Crippen LogP contribution >= 0.6 is 0 Å². The van der Waals surface area contributed by atoms with Crippen molar-refractivity contribution in [2.75, 3.05) is 13.1 Å². The van der Waals surface area contributed by atoms with Crippen molar-refractivity contribution in [3.63, 3.8) is 0 Å². The lowest BCUT2D eigenvalue weighted by atomic mass is 9.83. The van der Waals surface area contributed by atoms with Gasteiger partial charge in [-0.3, -0.25) is 9.69 Å². The average molecular weight is 237 g/mol. The van der Waals surface area contributed by atoms with Crippen LogP contribution in [0.25, 0.3) is 0 Å². The van der Waals surface area contributed by atoms with Crippen LogP contribution in [0.5, 0.6) is 0 Å². The molecule has 0 atom stereocenters. The zero-order valence-corrected chi connectivity index (χ0v) is 11.5. The highest BCUT2D eigenvalue weighted by Crippen LogP contribution is 2.30. The molecule has 0 saturated carbocycles. The third kappa shape index (κ3) is 3.19. The number of nitrogens with zero attached hydrogens (tertiary/aromatic N) is 1. The molecule has 0 spiro atoms. The van der Waals surface area contributed by atoms with Crippen molar-refractivity contribution in [2.45, 2.75) is 64.3 Å². The lowest BCUT2D eigenvalue weighted by Gasteiger charge is -2.39. The van der Waals surface area contributed by atoms with Gasteiger partial charge in [0.05, 0.1) is 5.54 Å². The second-order valence-corrected chi connectivity index (χ2v) is 5.04. The van der Waals surface area contributed by atoms with Crippen molar-refractivity contribution in [1.29, 1.82) is 0 Å². The summed E-state index contributed by atoms with van der Waals surface area (Å²) >= 11 is 0. The van der Waals surface area contributed by atoms with Crippen LogP contribution in [0.2, 0.25) is 0 Å². The summed E-state index contributed by atoms with van der Waals surface area (Å²) < 4.78 is 0. The number of allylic oxidation sites excluding steroid dienone is 1. The van der Waals surface area contributed by atoms with Crippen LogP contribution in [-0.4, -0.2) is 29.3 Å². The van der Waals surface area contributed by atoms with Gasteiger partial charge in [0.1, 0.15) is 0 Å². The van der Waals surface area contributed by atoms with Gasteiger partial charge in [0.15, 0.2) is 5.78 Å². The predicted octanol–water partition coefficient (Wildman–Crippen LogP) is 3.57. The SMILES string of the molecule is C=CCCCC(=O)C(CC)(CC)N1CCCC1. The number of likely N-dealkylation sites (tertiary alicyclic amines) is 1. The van der Waals surface area contributed by atoms with Crippen molar-refractivity contribution in [1.82, 2.24) is 4.90 Å². The minimum Gasteiger partial charge on any atom is -0.298 e. The Kier molecular flexibility index (Phi) is 5.90. The molecular weight excluding hydrogens is 210 g/mol. The highest BCUT2D eigenvalue weighted by molar-refractivity contribution is 5.88. The maximum atomic E-state index is 12.5. The maximum Gasteiger partial charge on any atom is 0.153 e. The summed E-state index contributed by atoms with van der Waals surface area (Å²) in [6.07, 6.45) is 8.94. The number of carbonyl (C=O) groups excluding carboxylic acids is 1. The molecule has 0 aliphatic carbocycles. The minimum absolute atomic E-state index is 0.169. The highest BCUT2D eigenvalue weighted by atomic mass is 16.1. The van der Waals surface area contributed by atoms with E-state index in [1.165, 1.54) is 12.8 Å². The molecule has 1 saturated heterocycles. The van der Waals surface area contributed by atoms with Gasteiger partial charge in [-0.25, -0.2) is 0 Å². The molecule has 17 heavy (non-hydrogen) atoms. The van der Waals surface area contributed by atoms with Gasteiger partial charge in [0.2, 0.25) is 0 Å². The van der Waals surface area contributed by atoms with Crippen molar-refractivity contribution < 1.29 is 4.79 Å². The molecule has 0 aromatic rings. The maximum absolute atomic E-state index is 12.5. The van der Waals surface area contributed by atoms with Crippen molar-refractivity contribution in [3.8, 4) is 0 Å². The molecule has 0 aromatic heterocycles. The van der Waals surface area contributed by atoms with Crippen molar-refractivity contribution >= 4 is 5.78 Å². The molecule has 1 aliphatic heterocycles. The van der Waals surface area contributed by atoms with Gasteiger partial charge in [0.25, 0.3) is 0 Å². The van der Waals surface area contributed by atoms with Gasteiger partial charge < -0.3 is 0 Å².